The molecule has 2 fully saturated rings. The molecule has 3 heterocycles. The molecule has 0 bridgehead atoms. The van der Waals surface area contributed by atoms with E-state index in [9.17, 15) is 24.5 Å². The summed E-state index contributed by atoms with van der Waals surface area (Å²) >= 11 is 0. The molecule has 31 heavy (non-hydrogen) atoms. The van der Waals surface area contributed by atoms with E-state index in [-0.39, 0.29) is 24.8 Å². The zero-order chi connectivity index (χ0) is 22.5. The molecule has 2 saturated heterocycles. The lowest BCUT2D eigenvalue weighted by molar-refractivity contribution is -0.384. The summed E-state index contributed by atoms with van der Waals surface area (Å²) in [4.78, 5) is 53.5. The van der Waals surface area contributed by atoms with Gasteiger partial charge in [-0.1, -0.05) is 13.3 Å². The number of anilines is 1. The minimum absolute atomic E-state index is 0.0339. The fraction of sp³-hybridized carbons (Fsp3) is 0.571. The van der Waals surface area contributed by atoms with Crippen LogP contribution in [0.25, 0.3) is 0 Å². The van der Waals surface area contributed by atoms with Crippen LogP contribution in [-0.4, -0.2) is 59.0 Å². The second kappa shape index (κ2) is 7.60. The van der Waals surface area contributed by atoms with Crippen LogP contribution in [0, 0.1) is 15.5 Å². The summed E-state index contributed by atoms with van der Waals surface area (Å²) in [7, 11) is 0. The van der Waals surface area contributed by atoms with Gasteiger partial charge in [-0.2, -0.15) is 0 Å². The van der Waals surface area contributed by atoms with Crippen molar-refractivity contribution >= 4 is 29.2 Å². The number of ether oxygens (including phenoxy) is 1. The van der Waals surface area contributed by atoms with Crippen LogP contribution in [0.2, 0.25) is 0 Å². The van der Waals surface area contributed by atoms with Crippen molar-refractivity contribution in [1.82, 2.24) is 10.2 Å². The van der Waals surface area contributed by atoms with Crippen LogP contribution in [-0.2, 0) is 20.7 Å². The molecular formula is C21H26N4O6. The van der Waals surface area contributed by atoms with Gasteiger partial charge in [0.1, 0.15) is 0 Å². The number of morpholine rings is 1. The highest BCUT2D eigenvalue weighted by atomic mass is 16.6. The minimum atomic E-state index is -1.61. The highest BCUT2D eigenvalue weighted by Gasteiger charge is 2.64. The fourth-order valence-corrected chi connectivity index (χ4v) is 5.20. The number of nitro benzene ring substituents is 1. The molecule has 166 valence electrons. The van der Waals surface area contributed by atoms with Crippen molar-refractivity contribution in [2.75, 3.05) is 18.0 Å². The summed E-state index contributed by atoms with van der Waals surface area (Å²) in [5, 5.41) is 13.7. The van der Waals surface area contributed by atoms with Crippen molar-refractivity contribution in [3.63, 3.8) is 0 Å². The van der Waals surface area contributed by atoms with Crippen LogP contribution in [0.3, 0.4) is 0 Å². The summed E-state index contributed by atoms with van der Waals surface area (Å²) < 4.78 is 6.01. The highest BCUT2D eigenvalue weighted by Crippen LogP contribution is 2.48. The van der Waals surface area contributed by atoms with E-state index in [1.165, 1.54) is 12.1 Å². The number of nitrogens with one attached hydrogen (secondary N) is 1. The van der Waals surface area contributed by atoms with Gasteiger partial charge in [0, 0.05) is 37.3 Å². The lowest BCUT2D eigenvalue weighted by atomic mass is 9.66. The maximum atomic E-state index is 13.8. The van der Waals surface area contributed by atoms with Gasteiger partial charge in [-0.25, -0.2) is 4.79 Å². The zero-order valence-electron chi connectivity index (χ0n) is 17.8. The number of hydrogen-bond donors (Lipinski definition) is 1. The molecule has 4 atom stereocenters. The van der Waals surface area contributed by atoms with Crippen molar-refractivity contribution in [3.8, 4) is 0 Å². The molecule has 4 rings (SSSR count). The second-order valence-corrected chi connectivity index (χ2v) is 8.54. The Morgan fingerprint density at radius 3 is 2.71 bits per heavy atom. The third-order valence-corrected chi connectivity index (χ3v) is 6.47. The third kappa shape index (κ3) is 3.16. The van der Waals surface area contributed by atoms with Gasteiger partial charge in [-0.15, -0.1) is 0 Å². The first-order valence-corrected chi connectivity index (χ1v) is 10.6. The van der Waals surface area contributed by atoms with Gasteiger partial charge in [0.2, 0.25) is 11.8 Å². The Morgan fingerprint density at radius 2 is 2.03 bits per heavy atom. The van der Waals surface area contributed by atoms with Gasteiger partial charge >= 0.3 is 6.03 Å². The lowest BCUT2D eigenvalue weighted by Crippen LogP contribution is -2.75. The number of urea groups is 1. The summed E-state index contributed by atoms with van der Waals surface area (Å²) in [6, 6.07) is 3.17. The Labute approximate surface area is 179 Å². The largest absolute Gasteiger partial charge is 0.372 e. The first-order valence-electron chi connectivity index (χ1n) is 10.6. The van der Waals surface area contributed by atoms with Crippen LogP contribution in [0.5, 0.6) is 0 Å². The fourth-order valence-electron chi connectivity index (χ4n) is 5.20. The number of nitro groups is 1. The average molecular weight is 430 g/mol. The number of rotatable bonds is 4. The first-order chi connectivity index (χ1) is 14.7. The van der Waals surface area contributed by atoms with Gasteiger partial charge in [0.05, 0.1) is 23.2 Å². The Kier molecular flexibility index (Phi) is 5.20. The van der Waals surface area contributed by atoms with Crippen molar-refractivity contribution < 1.29 is 24.0 Å². The molecule has 0 aliphatic carbocycles. The number of benzene rings is 1. The SMILES string of the molecule is CCCCN1C(=O)NC(=O)[C@]2(Cc3cc([N+](=O)[O-])ccc3N3C[C@H](C)O[C@H](C)[C@@H]32)C1=O. The number of carbonyl (C=O) groups excluding carboxylic acids is 3. The molecule has 10 nitrogen and oxygen atoms in total. The number of barbiturate groups is 1. The maximum absolute atomic E-state index is 13.8. The molecule has 0 radical (unpaired) electrons. The average Bonchev–Trinajstić information content (AvgIpc) is 2.71. The lowest BCUT2D eigenvalue weighted by Gasteiger charge is -2.56. The number of imide groups is 2. The molecule has 0 aromatic heterocycles. The number of hydrogen-bond acceptors (Lipinski definition) is 7. The van der Waals surface area contributed by atoms with E-state index in [1.54, 1.807) is 6.07 Å². The van der Waals surface area contributed by atoms with Gasteiger partial charge < -0.3 is 9.64 Å². The zero-order valence-corrected chi connectivity index (χ0v) is 17.8. The Hall–Kier alpha value is -3.01. The van der Waals surface area contributed by atoms with Gasteiger partial charge in [0.15, 0.2) is 5.41 Å². The molecule has 1 spiro atoms. The molecule has 3 aliphatic rings. The Balaban J connectivity index is 1.88. The molecule has 0 saturated carbocycles. The summed E-state index contributed by atoms with van der Waals surface area (Å²) in [5.41, 5.74) is -0.422. The molecule has 3 aliphatic heterocycles. The third-order valence-electron chi connectivity index (χ3n) is 6.47. The molecule has 4 amide bonds. The normalized spacial score (nSPS) is 30.2. The van der Waals surface area contributed by atoms with Crippen LogP contribution < -0.4 is 10.2 Å². The second-order valence-electron chi connectivity index (χ2n) is 8.54. The number of fused-ring (bicyclic) bond motifs is 4. The van der Waals surface area contributed by atoms with E-state index in [1.807, 2.05) is 25.7 Å². The predicted octanol–water partition coefficient (Wildman–Crippen LogP) is 2.00. The molecule has 1 aromatic carbocycles. The smallest absolute Gasteiger partial charge is 0.330 e. The van der Waals surface area contributed by atoms with Gasteiger partial charge in [-0.3, -0.25) is 29.9 Å². The Bertz CT molecular complexity index is 965. The standard InChI is InChI=1S/C21H26N4O6/c1-4-5-8-23-19(27)21(18(26)22-20(23)28)10-14-9-15(25(29)30)6-7-16(14)24-11-12(2)31-13(3)17(21)24/h6-7,9,12-13,17H,4-5,8,10-11H2,1-3H3,(H,22,26,28)/t12-,13+,17+,21+/m0/s1. The molecule has 10 heteroatoms. The number of non-ortho nitro benzene ring substituents is 1. The summed E-state index contributed by atoms with van der Waals surface area (Å²) in [6.45, 7) is 6.29. The predicted molar refractivity (Wildman–Crippen MR) is 111 cm³/mol. The van der Waals surface area contributed by atoms with E-state index < -0.39 is 40.3 Å². The van der Waals surface area contributed by atoms with E-state index in [4.69, 9.17) is 4.74 Å². The molecule has 1 aromatic rings. The molecule has 0 unspecified atom stereocenters. The number of unbranched alkanes of at least 4 members (excludes halogenated alkanes) is 1. The van der Waals surface area contributed by atoms with Crippen molar-refractivity contribution in [3.05, 3.63) is 33.9 Å². The number of amides is 4. The first kappa shape index (κ1) is 21.2. The maximum Gasteiger partial charge on any atom is 0.330 e. The van der Waals surface area contributed by atoms with E-state index >= 15 is 0 Å². The van der Waals surface area contributed by atoms with Crippen LogP contribution in [0.1, 0.15) is 39.2 Å². The van der Waals surface area contributed by atoms with Crippen LogP contribution in [0.15, 0.2) is 18.2 Å². The quantitative estimate of drug-likeness (QED) is 0.440. The van der Waals surface area contributed by atoms with Crippen LogP contribution in [0.4, 0.5) is 16.2 Å². The number of nitrogens with zero attached hydrogens (tertiary/aromatic N) is 3. The van der Waals surface area contributed by atoms with E-state index in [0.717, 1.165) is 17.0 Å². The van der Waals surface area contributed by atoms with Gasteiger partial charge in [-0.05, 0) is 31.9 Å². The topological polar surface area (TPSA) is 122 Å². The Morgan fingerprint density at radius 1 is 1.29 bits per heavy atom. The number of carbonyl (C=O) groups is 3. The monoisotopic (exact) mass is 430 g/mol. The highest BCUT2D eigenvalue weighted by molar-refractivity contribution is 6.20. The van der Waals surface area contributed by atoms with Crippen molar-refractivity contribution in [2.45, 2.75) is 58.3 Å². The van der Waals surface area contributed by atoms with Gasteiger partial charge in [0.25, 0.3) is 5.69 Å². The summed E-state index contributed by atoms with van der Waals surface area (Å²) in [5.74, 6) is -1.24. The van der Waals surface area contributed by atoms with Crippen molar-refractivity contribution in [2.24, 2.45) is 5.41 Å². The minimum Gasteiger partial charge on any atom is -0.372 e. The molecular weight excluding hydrogens is 404 g/mol. The molecule has 1 N–H and O–H groups in total. The van der Waals surface area contributed by atoms with Crippen molar-refractivity contribution in [1.29, 1.82) is 0 Å². The van der Waals surface area contributed by atoms with E-state index in [2.05, 4.69) is 5.32 Å². The van der Waals surface area contributed by atoms with Crippen LogP contribution >= 0.6 is 0 Å². The van der Waals surface area contributed by atoms with E-state index in [0.29, 0.717) is 18.5 Å². The summed E-state index contributed by atoms with van der Waals surface area (Å²) in [6.07, 6.45) is 0.725.